The van der Waals surface area contributed by atoms with E-state index >= 15 is 4.39 Å². The Morgan fingerprint density at radius 1 is 1.11 bits per heavy atom. The van der Waals surface area contributed by atoms with Gasteiger partial charge in [-0.2, -0.15) is 0 Å². The molecular weight excluding hydrogens is 532 g/mol. The van der Waals surface area contributed by atoms with Crippen LogP contribution in [0.1, 0.15) is 22.3 Å². The molecule has 36 heavy (non-hydrogen) atoms. The number of thiophene rings is 1. The lowest BCUT2D eigenvalue weighted by Crippen LogP contribution is -2.17. The maximum atomic E-state index is 15.1. The minimum atomic E-state index is -4.53. The highest BCUT2D eigenvalue weighted by atomic mass is 35.5. The van der Waals surface area contributed by atoms with Crippen LogP contribution in [0.2, 0.25) is 5.02 Å². The fourth-order valence-electron chi connectivity index (χ4n) is 4.15. The average molecular weight is 550 g/mol. The topological polar surface area (TPSA) is 81.7 Å². The second-order valence-corrected chi connectivity index (χ2v) is 11.2. The first-order chi connectivity index (χ1) is 17.2. The van der Waals surface area contributed by atoms with Crippen LogP contribution in [-0.4, -0.2) is 28.1 Å². The van der Waals surface area contributed by atoms with E-state index in [1.807, 2.05) is 24.3 Å². The Kier molecular flexibility index (Phi) is 6.36. The van der Waals surface area contributed by atoms with Gasteiger partial charge in [-0.25, -0.2) is 22.0 Å². The van der Waals surface area contributed by atoms with E-state index in [4.69, 9.17) is 21.1 Å². The van der Waals surface area contributed by atoms with Gasteiger partial charge in [0, 0.05) is 21.2 Å². The molecule has 0 spiro atoms. The monoisotopic (exact) mass is 549 g/mol. The number of rotatable bonds is 1. The number of nitrogens with one attached hydrogen (secondary N) is 1. The van der Waals surface area contributed by atoms with Gasteiger partial charge in [-0.1, -0.05) is 29.8 Å². The third-order valence-corrected chi connectivity index (χ3v) is 8.69. The van der Waals surface area contributed by atoms with Gasteiger partial charge in [0.05, 0.1) is 30.0 Å². The summed E-state index contributed by atoms with van der Waals surface area (Å²) >= 11 is 7.50. The highest BCUT2D eigenvalue weighted by Crippen LogP contribution is 2.42. The number of anilines is 1. The van der Waals surface area contributed by atoms with E-state index in [-0.39, 0.29) is 28.5 Å². The quantitative estimate of drug-likeness (QED) is 0.277. The van der Waals surface area contributed by atoms with Crippen LogP contribution in [-0.2, 0) is 21.2 Å². The molecule has 0 radical (unpaired) electrons. The van der Waals surface area contributed by atoms with Gasteiger partial charge in [-0.15, -0.1) is 11.3 Å². The SMILES string of the molecule is COc1c(Cl)cc2cc1S(=O)(=O)Nc1cc(c(F)cc1F)-c1sc3ccccc3c1CCCOC2=O. The molecule has 1 aliphatic rings. The highest BCUT2D eigenvalue weighted by Gasteiger charge is 2.28. The van der Waals surface area contributed by atoms with E-state index in [0.717, 1.165) is 27.8 Å². The molecule has 0 atom stereocenters. The Balaban J connectivity index is 1.75. The number of aryl methyl sites for hydroxylation is 1. The summed E-state index contributed by atoms with van der Waals surface area (Å²) in [6.45, 7) is 0.0313. The van der Waals surface area contributed by atoms with Crippen molar-refractivity contribution in [2.75, 3.05) is 18.4 Å². The molecule has 3 aromatic carbocycles. The number of benzene rings is 3. The molecule has 0 amide bonds. The molecule has 11 heteroatoms. The first-order valence-corrected chi connectivity index (χ1v) is 13.4. The number of hydrogen-bond acceptors (Lipinski definition) is 6. The number of cyclic esters (lactones) is 1. The zero-order chi connectivity index (χ0) is 25.6. The summed E-state index contributed by atoms with van der Waals surface area (Å²) in [6, 6.07) is 11.6. The third kappa shape index (κ3) is 4.29. The fraction of sp³-hybridized carbons (Fsp3) is 0.160. The molecule has 1 N–H and O–H groups in total. The van der Waals surface area contributed by atoms with Crippen LogP contribution in [0.5, 0.6) is 5.75 Å². The average Bonchev–Trinajstić information content (AvgIpc) is 3.20. The predicted octanol–water partition coefficient (Wildman–Crippen LogP) is 6.41. The Morgan fingerprint density at radius 3 is 2.67 bits per heavy atom. The van der Waals surface area contributed by atoms with Gasteiger partial charge in [0.25, 0.3) is 10.0 Å². The van der Waals surface area contributed by atoms with Crippen molar-refractivity contribution in [1.82, 2.24) is 0 Å². The predicted molar refractivity (Wildman–Crippen MR) is 135 cm³/mol. The summed E-state index contributed by atoms with van der Waals surface area (Å²) < 4.78 is 70.1. The number of hydrogen-bond donors (Lipinski definition) is 1. The van der Waals surface area contributed by atoms with Crippen molar-refractivity contribution >= 4 is 54.7 Å². The molecule has 5 rings (SSSR count). The number of fused-ring (bicyclic) bond motifs is 8. The van der Waals surface area contributed by atoms with Crippen LogP contribution in [0.4, 0.5) is 14.5 Å². The smallest absolute Gasteiger partial charge is 0.338 e. The second kappa shape index (κ2) is 9.34. The van der Waals surface area contributed by atoms with Crippen molar-refractivity contribution in [2.45, 2.75) is 17.7 Å². The molecule has 0 saturated carbocycles. The summed E-state index contributed by atoms with van der Waals surface area (Å²) in [4.78, 5) is 12.7. The first-order valence-electron chi connectivity index (χ1n) is 10.8. The zero-order valence-corrected chi connectivity index (χ0v) is 21.1. The highest BCUT2D eigenvalue weighted by molar-refractivity contribution is 7.92. The summed E-state index contributed by atoms with van der Waals surface area (Å²) in [5, 5.41) is 0.743. The fourth-order valence-corrected chi connectivity index (χ4v) is 7.04. The largest absolute Gasteiger partial charge is 0.494 e. The molecule has 0 unspecified atom stereocenters. The molecule has 2 heterocycles. The molecule has 1 aliphatic heterocycles. The Hall–Kier alpha value is -3.21. The summed E-state index contributed by atoms with van der Waals surface area (Å²) in [5.41, 5.74) is 0.274. The molecule has 4 bridgehead atoms. The lowest BCUT2D eigenvalue weighted by Gasteiger charge is -2.15. The van der Waals surface area contributed by atoms with Crippen molar-refractivity contribution in [3.63, 3.8) is 0 Å². The maximum Gasteiger partial charge on any atom is 0.338 e. The zero-order valence-electron chi connectivity index (χ0n) is 18.7. The molecule has 1 aromatic heterocycles. The van der Waals surface area contributed by atoms with Gasteiger partial charge in [0.15, 0.2) is 5.75 Å². The maximum absolute atomic E-state index is 15.1. The number of halogens is 3. The van der Waals surface area contributed by atoms with Crippen LogP contribution in [0.25, 0.3) is 20.5 Å². The Morgan fingerprint density at radius 2 is 1.89 bits per heavy atom. The molecule has 6 nitrogen and oxygen atoms in total. The van der Waals surface area contributed by atoms with E-state index in [1.54, 1.807) is 0 Å². The van der Waals surface area contributed by atoms with Crippen molar-refractivity contribution < 1.29 is 31.5 Å². The molecule has 0 saturated heterocycles. The van der Waals surface area contributed by atoms with Crippen LogP contribution in [0, 0.1) is 11.6 Å². The number of methoxy groups -OCH3 is 1. The van der Waals surface area contributed by atoms with Crippen LogP contribution < -0.4 is 9.46 Å². The summed E-state index contributed by atoms with van der Waals surface area (Å²) in [5.74, 6) is -2.95. The van der Waals surface area contributed by atoms with Crippen molar-refractivity contribution in [1.29, 1.82) is 0 Å². The van der Waals surface area contributed by atoms with Crippen molar-refractivity contribution in [3.05, 3.63) is 76.3 Å². The van der Waals surface area contributed by atoms with E-state index in [9.17, 15) is 17.6 Å². The Labute approximate surface area is 214 Å². The van der Waals surface area contributed by atoms with Gasteiger partial charge >= 0.3 is 5.97 Å². The molecular formula is C25H18ClF2NO5S2. The molecule has 0 fully saturated rings. The van der Waals surface area contributed by atoms with Crippen LogP contribution >= 0.6 is 22.9 Å². The van der Waals surface area contributed by atoms with E-state index < -0.39 is 38.2 Å². The van der Waals surface area contributed by atoms with Gasteiger partial charge in [0.2, 0.25) is 0 Å². The Bertz CT molecular complexity index is 1640. The lowest BCUT2D eigenvalue weighted by atomic mass is 10.0. The first kappa shape index (κ1) is 24.5. The van der Waals surface area contributed by atoms with E-state index in [1.165, 1.54) is 24.5 Å². The lowest BCUT2D eigenvalue weighted by molar-refractivity contribution is 0.0500. The summed E-state index contributed by atoms with van der Waals surface area (Å²) in [7, 11) is -3.32. The third-order valence-electron chi connectivity index (χ3n) is 5.79. The van der Waals surface area contributed by atoms with E-state index in [0.29, 0.717) is 23.8 Å². The second-order valence-electron chi connectivity index (χ2n) is 8.05. The van der Waals surface area contributed by atoms with Crippen molar-refractivity contribution in [2.24, 2.45) is 0 Å². The van der Waals surface area contributed by atoms with Crippen LogP contribution in [0.15, 0.2) is 53.4 Å². The van der Waals surface area contributed by atoms with Crippen LogP contribution in [0.3, 0.4) is 0 Å². The number of ether oxygens (including phenoxy) is 2. The van der Waals surface area contributed by atoms with Gasteiger partial charge < -0.3 is 9.47 Å². The minimum absolute atomic E-state index is 0.0313. The molecule has 186 valence electrons. The standard InChI is InChI=1S/C25H18ClF2NO5S2/c1-33-23-17(26)9-13-10-22(23)36(31,32)29-20-11-16(18(27)12-19(20)28)24-15(6-4-8-34-25(13)30)14-5-2-3-7-21(14)35-24/h2-3,5,7,9-12,29H,4,6,8H2,1H3. The normalized spacial score (nSPS) is 15.3. The van der Waals surface area contributed by atoms with E-state index in [2.05, 4.69) is 4.72 Å². The number of carbonyl (C=O) groups is 1. The van der Waals surface area contributed by atoms with Gasteiger partial charge in [0.1, 0.15) is 16.5 Å². The summed E-state index contributed by atoms with van der Waals surface area (Å²) in [6.07, 6.45) is 0.863. The number of carbonyl (C=O) groups excluding carboxylic acids is 1. The van der Waals surface area contributed by atoms with Gasteiger partial charge in [-0.05, 0) is 48.1 Å². The van der Waals surface area contributed by atoms with Gasteiger partial charge in [-0.3, -0.25) is 4.72 Å². The van der Waals surface area contributed by atoms with Crippen molar-refractivity contribution in [3.8, 4) is 16.2 Å². The molecule has 4 aromatic rings. The number of sulfonamides is 1. The number of esters is 1. The molecule has 0 aliphatic carbocycles. The minimum Gasteiger partial charge on any atom is -0.494 e.